The summed E-state index contributed by atoms with van der Waals surface area (Å²) in [4.78, 5) is 23.0. The van der Waals surface area contributed by atoms with Crippen molar-refractivity contribution in [3.05, 3.63) is 35.1 Å². The zero-order valence-corrected chi connectivity index (χ0v) is 15.3. The second-order valence-electron chi connectivity index (χ2n) is 5.66. The molecule has 0 saturated carbocycles. The van der Waals surface area contributed by atoms with Crippen LogP contribution in [0.5, 0.6) is 0 Å². The van der Waals surface area contributed by atoms with Crippen LogP contribution in [0.1, 0.15) is 23.1 Å². The van der Waals surface area contributed by atoms with E-state index < -0.39 is 5.97 Å². The molecule has 25 heavy (non-hydrogen) atoms. The van der Waals surface area contributed by atoms with Gasteiger partial charge in [0.15, 0.2) is 5.65 Å². The highest BCUT2D eigenvalue weighted by atomic mass is 35.5. The number of hydrogen-bond acceptors (Lipinski definition) is 6. The molecule has 0 spiro atoms. The van der Waals surface area contributed by atoms with Crippen molar-refractivity contribution in [3.8, 4) is 0 Å². The Labute approximate surface area is 150 Å². The third kappa shape index (κ3) is 3.05. The molecule has 0 N–H and O–H groups in total. The number of carbonyl (C=O) groups is 1. The van der Waals surface area contributed by atoms with E-state index in [1.54, 1.807) is 28.6 Å². The monoisotopic (exact) mass is 362 g/mol. The number of halogens is 1. The maximum absolute atomic E-state index is 12.4. The number of fused-ring (bicyclic) bond motifs is 1. The molecule has 3 rings (SSSR count). The maximum atomic E-state index is 12.4. The number of aryl methyl sites for hydroxylation is 1. The van der Waals surface area contributed by atoms with Crippen molar-refractivity contribution < 1.29 is 9.53 Å². The molecule has 0 aliphatic rings. The van der Waals surface area contributed by atoms with Gasteiger partial charge in [-0.2, -0.15) is 5.10 Å². The number of aromatic nitrogens is 5. The Morgan fingerprint density at radius 3 is 2.68 bits per heavy atom. The fourth-order valence-electron chi connectivity index (χ4n) is 2.71. The van der Waals surface area contributed by atoms with Gasteiger partial charge in [-0.3, -0.25) is 4.68 Å². The van der Waals surface area contributed by atoms with Gasteiger partial charge in [0.1, 0.15) is 16.5 Å². The topological polar surface area (TPSA) is 78.1 Å². The molecule has 3 aromatic rings. The highest BCUT2D eigenvalue weighted by Crippen LogP contribution is 2.30. The van der Waals surface area contributed by atoms with Crippen molar-refractivity contribution in [2.45, 2.75) is 13.5 Å². The molecule has 0 aromatic carbocycles. The molecular weight excluding hydrogens is 344 g/mol. The van der Waals surface area contributed by atoms with Crippen molar-refractivity contribution in [2.24, 2.45) is 14.1 Å². The maximum Gasteiger partial charge on any atom is 0.341 e. The van der Waals surface area contributed by atoms with E-state index >= 15 is 0 Å². The summed E-state index contributed by atoms with van der Waals surface area (Å²) in [5.74, 6) is 0.358. The van der Waals surface area contributed by atoms with Gasteiger partial charge in [0.05, 0.1) is 36.6 Å². The number of carbonyl (C=O) groups excluding carboxylic acids is 1. The van der Waals surface area contributed by atoms with E-state index in [0.717, 1.165) is 11.2 Å². The van der Waals surface area contributed by atoms with Gasteiger partial charge in [0, 0.05) is 27.3 Å². The lowest BCUT2D eigenvalue weighted by molar-refractivity contribution is 0.0527. The average Bonchev–Trinajstić information content (AvgIpc) is 3.11. The Kier molecular flexibility index (Phi) is 4.63. The predicted molar refractivity (Wildman–Crippen MR) is 94.8 cm³/mol. The summed E-state index contributed by atoms with van der Waals surface area (Å²) in [5, 5.41) is 5.57. The molecule has 0 amide bonds. The van der Waals surface area contributed by atoms with Gasteiger partial charge in [-0.1, -0.05) is 11.6 Å². The van der Waals surface area contributed by atoms with Gasteiger partial charge in [0.2, 0.25) is 0 Å². The Bertz CT molecular complexity index is 932. The average molecular weight is 363 g/mol. The van der Waals surface area contributed by atoms with Gasteiger partial charge in [0.25, 0.3) is 0 Å². The van der Waals surface area contributed by atoms with Gasteiger partial charge in [-0.25, -0.2) is 14.8 Å². The van der Waals surface area contributed by atoms with Crippen molar-refractivity contribution >= 4 is 34.3 Å². The van der Waals surface area contributed by atoms with Gasteiger partial charge in [-0.15, -0.1) is 0 Å². The van der Waals surface area contributed by atoms with Crippen LogP contribution in [0.15, 0.2) is 18.6 Å². The summed E-state index contributed by atoms with van der Waals surface area (Å²) < 4.78 is 8.64. The van der Waals surface area contributed by atoms with E-state index in [1.807, 2.05) is 26.0 Å². The molecule has 0 saturated heterocycles. The summed E-state index contributed by atoms with van der Waals surface area (Å²) in [7, 11) is 5.53. The number of pyridine rings is 1. The zero-order chi connectivity index (χ0) is 18.1. The Morgan fingerprint density at radius 1 is 1.28 bits per heavy atom. The first kappa shape index (κ1) is 17.2. The third-order valence-corrected chi connectivity index (χ3v) is 4.37. The minimum Gasteiger partial charge on any atom is -0.462 e. The van der Waals surface area contributed by atoms with Gasteiger partial charge < -0.3 is 14.2 Å². The second kappa shape index (κ2) is 6.72. The van der Waals surface area contributed by atoms with Crippen LogP contribution in [0, 0.1) is 0 Å². The molecule has 3 heterocycles. The van der Waals surface area contributed by atoms with E-state index in [2.05, 4.69) is 15.1 Å². The number of hydrogen-bond donors (Lipinski definition) is 0. The van der Waals surface area contributed by atoms with Crippen LogP contribution in [0.4, 0.5) is 5.69 Å². The smallest absolute Gasteiger partial charge is 0.341 e. The fraction of sp³-hybridized carbons (Fsp3) is 0.375. The van der Waals surface area contributed by atoms with Crippen LogP contribution in [-0.2, 0) is 25.4 Å². The Hall–Kier alpha value is -2.61. The minimum absolute atomic E-state index is 0.294. The zero-order valence-electron chi connectivity index (χ0n) is 14.5. The van der Waals surface area contributed by atoms with E-state index in [1.165, 1.54) is 6.20 Å². The lowest BCUT2D eigenvalue weighted by Crippen LogP contribution is -2.22. The molecule has 0 atom stereocenters. The molecule has 8 nitrogen and oxygen atoms in total. The molecule has 0 fully saturated rings. The summed E-state index contributed by atoms with van der Waals surface area (Å²) in [6.45, 7) is 2.53. The first-order valence-electron chi connectivity index (χ1n) is 7.79. The Morgan fingerprint density at radius 2 is 2.04 bits per heavy atom. The number of anilines is 1. The first-order valence-corrected chi connectivity index (χ1v) is 8.16. The van der Waals surface area contributed by atoms with Crippen molar-refractivity contribution in [1.29, 1.82) is 0 Å². The summed E-state index contributed by atoms with van der Waals surface area (Å²) in [6.07, 6.45) is 4.82. The molecule has 3 aromatic heterocycles. The first-order chi connectivity index (χ1) is 11.9. The van der Waals surface area contributed by atoms with E-state index in [0.29, 0.717) is 35.2 Å². The lowest BCUT2D eigenvalue weighted by Gasteiger charge is -2.22. The largest absolute Gasteiger partial charge is 0.462 e. The van der Waals surface area contributed by atoms with Crippen LogP contribution < -0.4 is 4.90 Å². The van der Waals surface area contributed by atoms with E-state index in [4.69, 9.17) is 16.3 Å². The fourth-order valence-corrected chi connectivity index (χ4v) is 2.86. The van der Waals surface area contributed by atoms with Crippen LogP contribution >= 0.6 is 11.6 Å². The molecule has 0 aliphatic carbocycles. The van der Waals surface area contributed by atoms with Gasteiger partial charge in [-0.05, 0) is 6.92 Å². The molecular formula is C16H19ClN6O2. The SMILES string of the molecule is CCOC(=O)c1cnc2c(cnn2C)c1N(C)Cc1ncc(Cl)n1C. The minimum atomic E-state index is -0.416. The highest BCUT2D eigenvalue weighted by Gasteiger charge is 2.22. The van der Waals surface area contributed by atoms with E-state index in [-0.39, 0.29) is 0 Å². The van der Waals surface area contributed by atoms with Crippen LogP contribution in [-0.4, -0.2) is 43.9 Å². The summed E-state index contributed by atoms with van der Waals surface area (Å²) in [5.41, 5.74) is 1.79. The lowest BCUT2D eigenvalue weighted by atomic mass is 10.1. The Balaban J connectivity index is 2.09. The van der Waals surface area contributed by atoms with E-state index in [9.17, 15) is 4.79 Å². The highest BCUT2D eigenvalue weighted by molar-refractivity contribution is 6.29. The number of imidazole rings is 1. The number of rotatable bonds is 5. The predicted octanol–water partition coefficient (Wildman–Crippen LogP) is 2.17. The normalized spacial score (nSPS) is 11.1. The molecule has 0 radical (unpaired) electrons. The van der Waals surface area contributed by atoms with Crippen LogP contribution in [0.3, 0.4) is 0 Å². The number of nitrogens with zero attached hydrogens (tertiary/aromatic N) is 6. The second-order valence-corrected chi connectivity index (χ2v) is 6.05. The summed E-state index contributed by atoms with van der Waals surface area (Å²) >= 11 is 6.06. The molecule has 9 heteroatoms. The number of esters is 1. The third-order valence-electron chi connectivity index (χ3n) is 4.02. The molecule has 0 aliphatic heterocycles. The standard InChI is InChI=1S/C16H19ClN6O2/c1-5-25-16(24)11-6-19-15-10(7-20-23(15)4)14(11)21(2)9-13-18-8-12(17)22(13)3/h6-8H,5,9H2,1-4H3. The van der Waals surface area contributed by atoms with Crippen molar-refractivity contribution in [3.63, 3.8) is 0 Å². The molecule has 0 bridgehead atoms. The van der Waals surface area contributed by atoms with Crippen molar-refractivity contribution in [1.82, 2.24) is 24.3 Å². The molecule has 132 valence electrons. The van der Waals surface area contributed by atoms with Crippen LogP contribution in [0.25, 0.3) is 11.0 Å². The van der Waals surface area contributed by atoms with Gasteiger partial charge >= 0.3 is 5.97 Å². The quantitative estimate of drug-likeness (QED) is 0.647. The number of ether oxygens (including phenoxy) is 1. The molecule has 0 unspecified atom stereocenters. The summed E-state index contributed by atoms with van der Waals surface area (Å²) in [6, 6.07) is 0. The van der Waals surface area contributed by atoms with Crippen molar-refractivity contribution in [2.75, 3.05) is 18.6 Å². The van der Waals surface area contributed by atoms with Crippen LogP contribution in [0.2, 0.25) is 5.15 Å².